The van der Waals surface area contributed by atoms with E-state index < -0.39 is 0 Å². The molecule has 2 heterocycles. The summed E-state index contributed by atoms with van der Waals surface area (Å²) >= 11 is 0. The van der Waals surface area contributed by atoms with Crippen molar-refractivity contribution < 1.29 is 4.79 Å². The Kier molecular flexibility index (Phi) is 3.74. The van der Waals surface area contributed by atoms with E-state index in [1.165, 1.54) is 0 Å². The fraction of sp³-hybridized carbons (Fsp3) is 0.188. The van der Waals surface area contributed by atoms with Crippen molar-refractivity contribution in [2.24, 2.45) is 7.05 Å². The maximum atomic E-state index is 12.3. The van der Waals surface area contributed by atoms with E-state index in [1.807, 2.05) is 36.5 Å². The van der Waals surface area contributed by atoms with E-state index in [-0.39, 0.29) is 5.91 Å². The molecule has 0 saturated heterocycles. The lowest BCUT2D eigenvalue weighted by Gasteiger charge is -2.16. The summed E-state index contributed by atoms with van der Waals surface area (Å²) in [6, 6.07) is 9.87. The number of carbonyl (C=O) groups is 1. The van der Waals surface area contributed by atoms with Crippen molar-refractivity contribution in [1.29, 1.82) is 0 Å². The van der Waals surface area contributed by atoms with Crippen molar-refractivity contribution in [1.82, 2.24) is 24.5 Å². The van der Waals surface area contributed by atoms with Gasteiger partial charge in [-0.15, -0.1) is 0 Å². The van der Waals surface area contributed by atoms with Crippen LogP contribution in [-0.4, -0.2) is 37.4 Å². The second-order valence-electron chi connectivity index (χ2n) is 5.18. The molecule has 0 saturated carbocycles. The first-order chi connectivity index (χ1) is 10.6. The van der Waals surface area contributed by atoms with Crippen LogP contribution in [0.5, 0.6) is 0 Å². The molecule has 112 valence electrons. The molecule has 0 N–H and O–H groups in total. The van der Waals surface area contributed by atoms with Gasteiger partial charge < -0.3 is 4.90 Å². The molecule has 0 unspecified atom stereocenters. The predicted octanol–water partition coefficient (Wildman–Crippen LogP) is 1.88. The zero-order chi connectivity index (χ0) is 15.5. The van der Waals surface area contributed by atoms with Gasteiger partial charge in [-0.2, -0.15) is 10.2 Å². The summed E-state index contributed by atoms with van der Waals surface area (Å²) in [5.41, 5.74) is 2.66. The van der Waals surface area contributed by atoms with Crippen LogP contribution in [0.2, 0.25) is 0 Å². The predicted molar refractivity (Wildman–Crippen MR) is 82.6 cm³/mol. The molecule has 0 aliphatic carbocycles. The van der Waals surface area contributed by atoms with E-state index in [1.54, 1.807) is 46.9 Å². The number of carbonyl (C=O) groups excluding carboxylic acids is 1. The van der Waals surface area contributed by atoms with Gasteiger partial charge in [0.15, 0.2) is 0 Å². The molecule has 22 heavy (non-hydrogen) atoms. The largest absolute Gasteiger partial charge is 0.337 e. The van der Waals surface area contributed by atoms with Gasteiger partial charge in [-0.1, -0.05) is 12.1 Å². The lowest BCUT2D eigenvalue weighted by atomic mass is 10.2. The lowest BCUT2D eigenvalue weighted by molar-refractivity contribution is 0.0785. The van der Waals surface area contributed by atoms with Gasteiger partial charge in [0.05, 0.1) is 17.4 Å². The summed E-state index contributed by atoms with van der Waals surface area (Å²) in [4.78, 5) is 14.0. The Morgan fingerprint density at radius 2 is 2.00 bits per heavy atom. The van der Waals surface area contributed by atoms with Crippen molar-refractivity contribution in [3.8, 4) is 5.69 Å². The van der Waals surface area contributed by atoms with Gasteiger partial charge in [0.1, 0.15) is 0 Å². The molecular weight excluding hydrogens is 278 g/mol. The summed E-state index contributed by atoms with van der Waals surface area (Å²) in [7, 11) is 3.58. The van der Waals surface area contributed by atoms with Crippen LogP contribution >= 0.6 is 0 Å². The maximum Gasteiger partial charge on any atom is 0.257 e. The number of aryl methyl sites for hydroxylation is 1. The Balaban J connectivity index is 1.69. The third-order valence-corrected chi connectivity index (χ3v) is 3.42. The minimum atomic E-state index is -0.0377. The van der Waals surface area contributed by atoms with Crippen LogP contribution in [0.15, 0.2) is 55.1 Å². The average molecular weight is 295 g/mol. The fourth-order valence-electron chi connectivity index (χ4n) is 2.27. The molecule has 0 radical (unpaired) electrons. The van der Waals surface area contributed by atoms with Gasteiger partial charge in [0.2, 0.25) is 0 Å². The Hall–Kier alpha value is -2.89. The first-order valence-electron chi connectivity index (χ1n) is 6.96. The van der Waals surface area contributed by atoms with Crippen LogP contribution in [0, 0.1) is 0 Å². The second-order valence-corrected chi connectivity index (χ2v) is 5.18. The van der Waals surface area contributed by atoms with E-state index in [0.29, 0.717) is 12.1 Å². The average Bonchev–Trinajstić information content (AvgIpc) is 3.18. The number of benzene rings is 1. The van der Waals surface area contributed by atoms with Crippen LogP contribution < -0.4 is 0 Å². The fourth-order valence-corrected chi connectivity index (χ4v) is 2.27. The monoisotopic (exact) mass is 295 g/mol. The van der Waals surface area contributed by atoms with E-state index in [0.717, 1.165) is 11.3 Å². The third-order valence-electron chi connectivity index (χ3n) is 3.42. The number of amides is 1. The van der Waals surface area contributed by atoms with Gasteiger partial charge in [-0.25, -0.2) is 4.68 Å². The summed E-state index contributed by atoms with van der Waals surface area (Å²) in [6.07, 6.45) is 6.95. The zero-order valence-corrected chi connectivity index (χ0v) is 12.5. The Bertz CT molecular complexity index is 758. The van der Waals surface area contributed by atoms with Crippen LogP contribution in [0.3, 0.4) is 0 Å². The number of aromatic nitrogens is 4. The highest BCUT2D eigenvalue weighted by molar-refractivity contribution is 5.93. The van der Waals surface area contributed by atoms with Crippen molar-refractivity contribution in [2.45, 2.75) is 6.54 Å². The molecule has 0 bridgehead atoms. The standard InChI is InChI=1S/C16H17N5O/c1-19(16(22)14-10-18-20(2)12-14)11-13-4-6-15(7-5-13)21-9-3-8-17-21/h3-10,12H,11H2,1-2H3. The normalized spacial score (nSPS) is 10.6. The molecule has 1 aromatic carbocycles. The molecular formula is C16H17N5O. The number of nitrogens with zero attached hydrogens (tertiary/aromatic N) is 5. The highest BCUT2D eigenvalue weighted by Crippen LogP contribution is 2.11. The van der Waals surface area contributed by atoms with Gasteiger partial charge >= 0.3 is 0 Å². The molecule has 0 spiro atoms. The van der Waals surface area contributed by atoms with Gasteiger partial charge in [-0.3, -0.25) is 9.48 Å². The SMILES string of the molecule is CN(Cc1ccc(-n2cccn2)cc1)C(=O)c1cnn(C)c1. The highest BCUT2D eigenvalue weighted by Gasteiger charge is 2.13. The first-order valence-corrected chi connectivity index (χ1v) is 6.96. The van der Waals surface area contributed by atoms with Crippen LogP contribution in [-0.2, 0) is 13.6 Å². The maximum absolute atomic E-state index is 12.3. The summed E-state index contributed by atoms with van der Waals surface area (Å²) in [5.74, 6) is -0.0377. The van der Waals surface area contributed by atoms with Crippen molar-refractivity contribution in [2.75, 3.05) is 7.05 Å². The first kappa shape index (κ1) is 14.1. The summed E-state index contributed by atoms with van der Waals surface area (Å²) in [5, 5.41) is 8.22. The Morgan fingerprint density at radius 1 is 1.23 bits per heavy atom. The molecule has 3 rings (SSSR count). The second kappa shape index (κ2) is 5.85. The molecule has 1 amide bonds. The van der Waals surface area contributed by atoms with Crippen molar-refractivity contribution in [3.63, 3.8) is 0 Å². The number of hydrogen-bond donors (Lipinski definition) is 0. The van der Waals surface area contributed by atoms with Crippen LogP contribution in [0.4, 0.5) is 0 Å². The molecule has 6 nitrogen and oxygen atoms in total. The number of hydrogen-bond acceptors (Lipinski definition) is 3. The lowest BCUT2D eigenvalue weighted by Crippen LogP contribution is -2.25. The van der Waals surface area contributed by atoms with Crippen molar-refractivity contribution in [3.05, 3.63) is 66.2 Å². The Labute approximate surface area is 128 Å². The van der Waals surface area contributed by atoms with E-state index in [9.17, 15) is 4.79 Å². The molecule has 0 aliphatic heterocycles. The van der Waals surface area contributed by atoms with Crippen LogP contribution in [0.1, 0.15) is 15.9 Å². The third kappa shape index (κ3) is 2.90. The van der Waals surface area contributed by atoms with Gasteiger partial charge in [0, 0.05) is 39.2 Å². The van der Waals surface area contributed by atoms with Gasteiger partial charge in [0.25, 0.3) is 5.91 Å². The molecule has 0 aliphatic rings. The topological polar surface area (TPSA) is 56.0 Å². The molecule has 0 atom stereocenters. The van der Waals surface area contributed by atoms with Gasteiger partial charge in [-0.05, 0) is 23.8 Å². The molecule has 6 heteroatoms. The Morgan fingerprint density at radius 3 is 2.59 bits per heavy atom. The van der Waals surface area contributed by atoms with E-state index in [4.69, 9.17) is 0 Å². The minimum absolute atomic E-state index is 0.0377. The summed E-state index contributed by atoms with van der Waals surface area (Å²) < 4.78 is 3.42. The zero-order valence-electron chi connectivity index (χ0n) is 12.5. The van der Waals surface area contributed by atoms with E-state index in [2.05, 4.69) is 10.2 Å². The molecule has 0 fully saturated rings. The smallest absolute Gasteiger partial charge is 0.257 e. The molecule has 2 aromatic heterocycles. The number of rotatable bonds is 4. The minimum Gasteiger partial charge on any atom is -0.337 e. The summed E-state index contributed by atoms with van der Waals surface area (Å²) in [6.45, 7) is 0.549. The quantitative estimate of drug-likeness (QED) is 0.738. The van der Waals surface area contributed by atoms with E-state index >= 15 is 0 Å². The van der Waals surface area contributed by atoms with Crippen molar-refractivity contribution >= 4 is 5.91 Å². The van der Waals surface area contributed by atoms with Crippen LogP contribution in [0.25, 0.3) is 5.69 Å². The molecule has 3 aromatic rings. The highest BCUT2D eigenvalue weighted by atomic mass is 16.2.